The second-order valence-corrected chi connectivity index (χ2v) is 7.14. The number of carbonyl (C=O) groups excluding carboxylic acids is 1. The Morgan fingerprint density at radius 2 is 1.61 bits per heavy atom. The van der Waals surface area contributed by atoms with Crippen molar-refractivity contribution in [2.45, 2.75) is 13.1 Å². The molecule has 2 aliphatic rings. The predicted octanol–water partition coefficient (Wildman–Crippen LogP) is 1.99. The highest BCUT2D eigenvalue weighted by molar-refractivity contribution is 5.78. The lowest BCUT2D eigenvalue weighted by Crippen LogP contribution is -2.49. The number of benzene rings is 2. The first-order valence-electron chi connectivity index (χ1n) is 9.50. The molecule has 0 saturated carbocycles. The van der Waals surface area contributed by atoms with Crippen LogP contribution in [0, 0.1) is 5.82 Å². The Morgan fingerprint density at radius 3 is 2.39 bits per heavy atom. The molecule has 28 heavy (non-hydrogen) atoms. The molecule has 0 atom stereocenters. The second kappa shape index (κ2) is 8.58. The fraction of sp³-hybridized carbons (Fsp3) is 0.381. The smallest absolute Gasteiger partial charge is 0.234 e. The summed E-state index contributed by atoms with van der Waals surface area (Å²) in [5, 5.41) is 2.90. The van der Waals surface area contributed by atoms with E-state index >= 15 is 0 Å². The van der Waals surface area contributed by atoms with Crippen LogP contribution in [0.4, 0.5) is 4.39 Å². The third-order valence-corrected chi connectivity index (χ3v) is 5.08. The van der Waals surface area contributed by atoms with Crippen LogP contribution >= 0.6 is 0 Å². The summed E-state index contributed by atoms with van der Waals surface area (Å²) in [4.78, 5) is 16.7. The molecule has 0 bridgehead atoms. The number of hydrogen-bond acceptors (Lipinski definition) is 5. The Morgan fingerprint density at radius 1 is 0.929 bits per heavy atom. The molecule has 0 aliphatic carbocycles. The Bertz CT molecular complexity index is 820. The van der Waals surface area contributed by atoms with E-state index in [1.807, 2.05) is 12.1 Å². The topological polar surface area (TPSA) is 54.0 Å². The maximum absolute atomic E-state index is 12.9. The van der Waals surface area contributed by atoms with E-state index in [-0.39, 0.29) is 11.7 Å². The van der Waals surface area contributed by atoms with Crippen molar-refractivity contribution in [2.75, 3.05) is 39.5 Å². The van der Waals surface area contributed by atoms with Gasteiger partial charge in [0.25, 0.3) is 0 Å². The first-order valence-corrected chi connectivity index (χ1v) is 9.50. The number of rotatable bonds is 6. The first kappa shape index (κ1) is 18.7. The fourth-order valence-electron chi connectivity index (χ4n) is 3.46. The lowest BCUT2D eigenvalue weighted by molar-refractivity contribution is -0.122. The molecule has 0 unspecified atom stereocenters. The number of nitrogens with zero attached hydrogens (tertiary/aromatic N) is 2. The van der Waals surface area contributed by atoms with E-state index in [2.05, 4.69) is 21.2 Å². The summed E-state index contributed by atoms with van der Waals surface area (Å²) in [5.74, 6) is 1.34. The molecule has 4 rings (SSSR count). The van der Waals surface area contributed by atoms with Crippen LogP contribution in [0.1, 0.15) is 11.1 Å². The monoisotopic (exact) mass is 385 g/mol. The van der Waals surface area contributed by atoms with Gasteiger partial charge in [-0.25, -0.2) is 4.39 Å². The van der Waals surface area contributed by atoms with Gasteiger partial charge in [-0.15, -0.1) is 0 Å². The van der Waals surface area contributed by atoms with Crippen molar-refractivity contribution in [3.8, 4) is 11.5 Å². The molecule has 2 aromatic carbocycles. The average molecular weight is 385 g/mol. The summed E-state index contributed by atoms with van der Waals surface area (Å²) in [5.41, 5.74) is 2.10. The van der Waals surface area contributed by atoms with E-state index in [1.54, 1.807) is 12.1 Å². The zero-order valence-electron chi connectivity index (χ0n) is 15.7. The number of piperazine rings is 1. The third-order valence-electron chi connectivity index (χ3n) is 5.08. The lowest BCUT2D eigenvalue weighted by Gasteiger charge is -2.34. The maximum atomic E-state index is 12.9. The minimum absolute atomic E-state index is 0.00598. The number of nitrogens with one attached hydrogen (secondary N) is 1. The molecular formula is C21H24FN3O3. The Balaban J connectivity index is 1.18. The van der Waals surface area contributed by atoms with Crippen molar-refractivity contribution in [1.82, 2.24) is 15.1 Å². The Kier molecular flexibility index (Phi) is 5.73. The average Bonchev–Trinajstić information content (AvgIpc) is 3.17. The molecule has 7 heteroatoms. The number of hydrogen-bond donors (Lipinski definition) is 1. The minimum Gasteiger partial charge on any atom is -0.454 e. The molecule has 2 aliphatic heterocycles. The van der Waals surface area contributed by atoms with Gasteiger partial charge in [0, 0.05) is 39.3 Å². The van der Waals surface area contributed by atoms with Gasteiger partial charge in [0.05, 0.1) is 6.54 Å². The van der Waals surface area contributed by atoms with Gasteiger partial charge in [0.2, 0.25) is 12.7 Å². The first-order chi connectivity index (χ1) is 13.7. The number of carbonyl (C=O) groups is 1. The van der Waals surface area contributed by atoms with E-state index in [9.17, 15) is 9.18 Å². The maximum Gasteiger partial charge on any atom is 0.234 e. The van der Waals surface area contributed by atoms with Crippen molar-refractivity contribution >= 4 is 5.91 Å². The summed E-state index contributed by atoms with van der Waals surface area (Å²) < 4.78 is 23.7. The largest absolute Gasteiger partial charge is 0.454 e. The standard InChI is InChI=1S/C21H24FN3O3/c22-18-4-1-16(2-5-18)12-23-21(26)14-25-9-7-24(8-10-25)13-17-3-6-19-20(11-17)28-15-27-19/h1-6,11H,7-10,12-15H2,(H,23,26). The van der Waals surface area contributed by atoms with Crippen molar-refractivity contribution in [3.63, 3.8) is 0 Å². The molecule has 1 fully saturated rings. The molecular weight excluding hydrogens is 361 g/mol. The highest BCUT2D eigenvalue weighted by Crippen LogP contribution is 2.32. The van der Waals surface area contributed by atoms with Crippen molar-refractivity contribution in [1.29, 1.82) is 0 Å². The van der Waals surface area contributed by atoms with E-state index in [0.717, 1.165) is 49.8 Å². The van der Waals surface area contributed by atoms with Crippen molar-refractivity contribution in [3.05, 3.63) is 59.4 Å². The second-order valence-electron chi connectivity index (χ2n) is 7.14. The molecule has 1 N–H and O–H groups in total. The lowest BCUT2D eigenvalue weighted by atomic mass is 10.1. The summed E-state index contributed by atoms with van der Waals surface area (Å²) >= 11 is 0. The van der Waals surface area contributed by atoms with Crippen LogP contribution in [0.15, 0.2) is 42.5 Å². The minimum atomic E-state index is -0.270. The number of amides is 1. The molecule has 1 amide bonds. The van der Waals surface area contributed by atoms with Crippen LogP contribution < -0.4 is 14.8 Å². The quantitative estimate of drug-likeness (QED) is 0.824. The van der Waals surface area contributed by atoms with Gasteiger partial charge >= 0.3 is 0 Å². The number of halogens is 1. The summed E-state index contributed by atoms with van der Waals surface area (Å²) in [7, 11) is 0. The molecule has 0 spiro atoms. The van der Waals surface area contributed by atoms with E-state index in [0.29, 0.717) is 19.9 Å². The van der Waals surface area contributed by atoms with E-state index in [1.165, 1.54) is 17.7 Å². The molecule has 1 saturated heterocycles. The Labute approximate surface area is 163 Å². The molecule has 6 nitrogen and oxygen atoms in total. The van der Waals surface area contributed by atoms with Crippen LogP contribution in [-0.4, -0.2) is 55.2 Å². The molecule has 0 radical (unpaired) electrons. The number of fused-ring (bicyclic) bond motifs is 1. The highest BCUT2D eigenvalue weighted by atomic mass is 19.1. The molecule has 148 valence electrons. The van der Waals surface area contributed by atoms with Crippen LogP contribution in [0.2, 0.25) is 0 Å². The van der Waals surface area contributed by atoms with Crippen molar-refractivity contribution < 1.29 is 18.7 Å². The van der Waals surface area contributed by atoms with Crippen LogP contribution in [0.25, 0.3) is 0 Å². The zero-order chi connectivity index (χ0) is 19.3. The van der Waals surface area contributed by atoms with Gasteiger partial charge in [-0.1, -0.05) is 18.2 Å². The predicted molar refractivity (Wildman–Crippen MR) is 103 cm³/mol. The number of ether oxygens (including phenoxy) is 2. The highest BCUT2D eigenvalue weighted by Gasteiger charge is 2.20. The molecule has 0 aromatic heterocycles. The van der Waals surface area contributed by atoms with Crippen molar-refractivity contribution in [2.24, 2.45) is 0 Å². The summed E-state index contributed by atoms with van der Waals surface area (Å²) in [6, 6.07) is 12.2. The molecule has 2 aromatic rings. The van der Waals surface area contributed by atoms with Crippen LogP contribution in [0.3, 0.4) is 0 Å². The zero-order valence-corrected chi connectivity index (χ0v) is 15.7. The van der Waals surface area contributed by atoms with Gasteiger partial charge in [0.15, 0.2) is 11.5 Å². The third kappa shape index (κ3) is 4.79. The summed E-state index contributed by atoms with van der Waals surface area (Å²) in [6.45, 7) is 5.51. The van der Waals surface area contributed by atoms with E-state index in [4.69, 9.17) is 9.47 Å². The normalized spacial score (nSPS) is 16.9. The van der Waals surface area contributed by atoms with Gasteiger partial charge in [0.1, 0.15) is 5.82 Å². The van der Waals surface area contributed by atoms with Crippen LogP contribution in [0.5, 0.6) is 11.5 Å². The SMILES string of the molecule is O=C(CN1CCN(Cc2ccc3c(c2)OCO3)CC1)NCc1ccc(F)cc1. The fourth-order valence-corrected chi connectivity index (χ4v) is 3.46. The Hall–Kier alpha value is -2.64. The van der Waals surface area contributed by atoms with Gasteiger partial charge in [-0.05, 0) is 35.4 Å². The van der Waals surface area contributed by atoms with Crippen LogP contribution in [-0.2, 0) is 17.9 Å². The van der Waals surface area contributed by atoms with Gasteiger partial charge in [-0.3, -0.25) is 14.6 Å². The van der Waals surface area contributed by atoms with E-state index < -0.39 is 0 Å². The molecule has 2 heterocycles. The summed E-state index contributed by atoms with van der Waals surface area (Å²) in [6.07, 6.45) is 0. The van der Waals surface area contributed by atoms with Gasteiger partial charge < -0.3 is 14.8 Å². The van der Waals surface area contributed by atoms with Gasteiger partial charge in [-0.2, -0.15) is 0 Å².